The van der Waals surface area contributed by atoms with Gasteiger partial charge < -0.3 is 14.8 Å². The third-order valence-electron chi connectivity index (χ3n) is 3.76. The zero-order valence-corrected chi connectivity index (χ0v) is 18.9. The lowest BCUT2D eigenvalue weighted by molar-refractivity contribution is -0.387. The summed E-state index contributed by atoms with van der Waals surface area (Å²) >= 11 is 4.36. The molecule has 0 unspecified atom stereocenters. The van der Waals surface area contributed by atoms with Crippen LogP contribution in [0.3, 0.4) is 0 Å². The normalized spacial score (nSPS) is 11.0. The van der Waals surface area contributed by atoms with E-state index in [1.807, 2.05) is 42.5 Å². The summed E-state index contributed by atoms with van der Waals surface area (Å²) in [5, 5.41) is 20.5. The van der Waals surface area contributed by atoms with E-state index in [4.69, 9.17) is 4.74 Å². The van der Waals surface area contributed by atoms with E-state index >= 15 is 0 Å². The first kappa shape index (κ1) is 21.2. The second-order valence-electron chi connectivity index (χ2n) is 5.79. The molecule has 0 spiro atoms. The highest BCUT2D eigenvalue weighted by Crippen LogP contribution is 2.30. The standard InChI is InChI=1S/C19H13I2N3O5/c20-13-8-12(6-7-15-22-18(25)16(24(27)28)19(26)23-15)17(14(21)9-13)29-10-11-4-2-1-3-5-11/h1-9H,10H2,(H2,22,23,25,26)/b7-6-. The van der Waals surface area contributed by atoms with Gasteiger partial charge in [0.2, 0.25) is 0 Å². The van der Waals surface area contributed by atoms with Crippen LogP contribution < -0.4 is 10.3 Å². The van der Waals surface area contributed by atoms with E-state index < -0.39 is 22.0 Å². The Hall–Kier alpha value is -2.48. The van der Waals surface area contributed by atoms with Crippen molar-refractivity contribution >= 4 is 63.0 Å². The number of aromatic nitrogens is 2. The summed E-state index contributed by atoms with van der Waals surface area (Å²) in [5.74, 6) is -0.295. The highest BCUT2D eigenvalue weighted by Gasteiger charge is 2.21. The van der Waals surface area contributed by atoms with Crippen molar-refractivity contribution in [2.45, 2.75) is 6.61 Å². The Morgan fingerprint density at radius 2 is 1.93 bits per heavy atom. The number of hydrogen-bond acceptors (Lipinski definition) is 6. The van der Waals surface area contributed by atoms with E-state index in [2.05, 4.69) is 55.1 Å². The van der Waals surface area contributed by atoms with Crippen LogP contribution in [0.5, 0.6) is 11.6 Å². The summed E-state index contributed by atoms with van der Waals surface area (Å²) < 4.78 is 7.88. The van der Waals surface area contributed by atoms with E-state index in [1.54, 1.807) is 6.08 Å². The molecule has 0 radical (unpaired) electrons. The number of aromatic amines is 1. The van der Waals surface area contributed by atoms with Crippen LogP contribution in [0.4, 0.5) is 5.69 Å². The van der Waals surface area contributed by atoms with Gasteiger partial charge in [-0.05, 0) is 75.0 Å². The van der Waals surface area contributed by atoms with Crippen molar-refractivity contribution in [1.29, 1.82) is 0 Å². The van der Waals surface area contributed by atoms with E-state index in [-0.39, 0.29) is 5.82 Å². The molecule has 2 N–H and O–H groups in total. The van der Waals surface area contributed by atoms with Crippen LogP contribution in [0.15, 0.2) is 47.3 Å². The zero-order valence-electron chi connectivity index (χ0n) is 14.6. The summed E-state index contributed by atoms with van der Waals surface area (Å²) in [6.45, 7) is 0.381. The highest BCUT2D eigenvalue weighted by atomic mass is 127. The lowest BCUT2D eigenvalue weighted by Gasteiger charge is -2.12. The van der Waals surface area contributed by atoms with Gasteiger partial charge in [0, 0.05) is 9.13 Å². The topological polar surface area (TPSA) is 118 Å². The Balaban J connectivity index is 1.92. The van der Waals surface area contributed by atoms with Gasteiger partial charge in [0.15, 0.2) is 0 Å². The van der Waals surface area contributed by atoms with Crippen LogP contribution >= 0.6 is 45.2 Å². The van der Waals surface area contributed by atoms with Gasteiger partial charge in [-0.3, -0.25) is 14.9 Å². The maximum absolute atomic E-state index is 11.8. The van der Waals surface area contributed by atoms with Crippen molar-refractivity contribution in [1.82, 2.24) is 9.97 Å². The fourth-order valence-electron chi connectivity index (χ4n) is 2.47. The van der Waals surface area contributed by atoms with Gasteiger partial charge in [0.1, 0.15) is 18.2 Å². The Kier molecular flexibility index (Phi) is 6.84. The zero-order chi connectivity index (χ0) is 21.0. The maximum atomic E-state index is 11.8. The largest absolute Gasteiger partial charge is 0.488 e. The van der Waals surface area contributed by atoms with Gasteiger partial charge in [0.05, 0.1) is 8.49 Å². The van der Waals surface area contributed by atoms with Crippen LogP contribution in [0.25, 0.3) is 12.2 Å². The molecule has 1 aromatic heterocycles. The van der Waals surface area contributed by atoms with Gasteiger partial charge in [-0.15, -0.1) is 0 Å². The molecule has 0 aliphatic heterocycles. The molecular weight excluding hydrogens is 604 g/mol. The Bertz CT molecular complexity index is 1150. The monoisotopic (exact) mass is 617 g/mol. The van der Waals surface area contributed by atoms with E-state index in [1.165, 1.54) is 6.08 Å². The molecule has 10 heteroatoms. The summed E-state index contributed by atoms with van der Waals surface area (Å²) in [5.41, 5.74) is -0.265. The number of rotatable bonds is 6. The third kappa shape index (κ3) is 5.32. The number of nitro groups is 1. The fourth-order valence-corrected chi connectivity index (χ4v) is 4.52. The van der Waals surface area contributed by atoms with E-state index in [0.29, 0.717) is 12.4 Å². The van der Waals surface area contributed by atoms with Gasteiger partial charge >= 0.3 is 11.2 Å². The molecule has 8 nitrogen and oxygen atoms in total. The lowest BCUT2D eigenvalue weighted by atomic mass is 10.2. The second-order valence-corrected chi connectivity index (χ2v) is 8.20. The molecular formula is C19H13I2N3O5. The average molecular weight is 617 g/mol. The van der Waals surface area contributed by atoms with Crippen LogP contribution in [-0.4, -0.2) is 20.0 Å². The summed E-state index contributed by atoms with van der Waals surface area (Å²) in [4.78, 5) is 27.5. The molecule has 3 rings (SSSR count). The van der Waals surface area contributed by atoms with Crippen molar-refractivity contribution in [3.8, 4) is 11.6 Å². The summed E-state index contributed by atoms with van der Waals surface area (Å²) in [7, 11) is 0. The maximum Gasteiger partial charge on any atom is 0.395 e. The Labute approximate surface area is 192 Å². The Morgan fingerprint density at radius 3 is 2.59 bits per heavy atom. The molecule has 2 aromatic carbocycles. The molecule has 29 heavy (non-hydrogen) atoms. The minimum absolute atomic E-state index is 0.0130. The second kappa shape index (κ2) is 9.35. The van der Waals surface area contributed by atoms with E-state index in [9.17, 15) is 20.0 Å². The molecule has 0 bridgehead atoms. The number of halogens is 2. The Morgan fingerprint density at radius 1 is 1.21 bits per heavy atom. The van der Waals surface area contributed by atoms with Crippen molar-refractivity contribution in [2.75, 3.05) is 0 Å². The molecule has 0 aliphatic carbocycles. The molecule has 1 heterocycles. The van der Waals surface area contributed by atoms with Gasteiger partial charge in [-0.25, -0.2) is 0 Å². The highest BCUT2D eigenvalue weighted by molar-refractivity contribution is 14.1. The number of nitrogens with one attached hydrogen (secondary N) is 1. The molecule has 148 valence electrons. The van der Waals surface area contributed by atoms with Crippen molar-refractivity contribution in [3.63, 3.8) is 0 Å². The molecule has 0 aliphatic rings. The predicted octanol–water partition coefficient (Wildman–Crippen LogP) is 4.34. The quantitative estimate of drug-likeness (QED) is 0.242. The lowest BCUT2D eigenvalue weighted by Crippen LogP contribution is -2.14. The van der Waals surface area contributed by atoms with Crippen LogP contribution in [-0.2, 0) is 6.61 Å². The van der Waals surface area contributed by atoms with Gasteiger partial charge in [-0.2, -0.15) is 4.98 Å². The van der Waals surface area contributed by atoms with Crippen LogP contribution in [0, 0.1) is 17.3 Å². The molecule has 0 fully saturated rings. The number of aromatic hydroxyl groups is 1. The smallest absolute Gasteiger partial charge is 0.395 e. The van der Waals surface area contributed by atoms with Crippen molar-refractivity contribution in [2.24, 2.45) is 0 Å². The average Bonchev–Trinajstić information content (AvgIpc) is 2.65. The third-order valence-corrected chi connectivity index (χ3v) is 5.19. The van der Waals surface area contributed by atoms with Crippen molar-refractivity contribution in [3.05, 3.63) is 87.0 Å². The number of hydrogen-bond donors (Lipinski definition) is 2. The first-order chi connectivity index (χ1) is 13.8. The predicted molar refractivity (Wildman–Crippen MR) is 125 cm³/mol. The van der Waals surface area contributed by atoms with Crippen LogP contribution in [0.1, 0.15) is 17.0 Å². The van der Waals surface area contributed by atoms with Gasteiger partial charge in [0.25, 0.3) is 5.88 Å². The minimum atomic E-state index is -1.03. The number of benzene rings is 2. The molecule has 0 atom stereocenters. The summed E-state index contributed by atoms with van der Waals surface area (Å²) in [6, 6.07) is 13.6. The first-order valence-electron chi connectivity index (χ1n) is 8.16. The number of H-pyrrole nitrogens is 1. The molecule has 0 amide bonds. The first-order valence-corrected chi connectivity index (χ1v) is 10.3. The van der Waals surface area contributed by atoms with Crippen LogP contribution in [0.2, 0.25) is 0 Å². The summed E-state index contributed by atoms with van der Waals surface area (Å²) in [6.07, 6.45) is 3.11. The van der Waals surface area contributed by atoms with E-state index in [0.717, 1.165) is 18.3 Å². The SMILES string of the molecule is O=c1[nH]c(/C=C\c2cc(I)cc(I)c2OCc2ccccc2)nc(O)c1[N+](=O)[O-]. The number of ether oxygens (including phenoxy) is 1. The number of nitrogens with zero attached hydrogens (tertiary/aromatic N) is 2. The molecule has 0 saturated carbocycles. The minimum Gasteiger partial charge on any atom is -0.488 e. The molecule has 3 aromatic rings. The molecule has 0 saturated heterocycles. The van der Waals surface area contributed by atoms with Crippen molar-refractivity contribution < 1.29 is 14.8 Å². The van der Waals surface area contributed by atoms with Gasteiger partial charge in [-0.1, -0.05) is 30.3 Å². The fraction of sp³-hybridized carbons (Fsp3) is 0.0526.